The van der Waals surface area contributed by atoms with Crippen molar-refractivity contribution < 1.29 is 21.6 Å². The van der Waals surface area contributed by atoms with Crippen molar-refractivity contribution in [2.45, 2.75) is 18.0 Å². The van der Waals surface area contributed by atoms with Crippen LogP contribution in [0.2, 0.25) is 5.02 Å². The number of rotatable bonds is 4. The summed E-state index contributed by atoms with van der Waals surface area (Å²) in [5.74, 6) is -0.103. The van der Waals surface area contributed by atoms with Gasteiger partial charge in [0, 0.05) is 17.8 Å². The van der Waals surface area contributed by atoms with Gasteiger partial charge in [-0.1, -0.05) is 17.7 Å². The zero-order valence-electron chi connectivity index (χ0n) is 14.8. The number of sulfonamides is 1. The highest BCUT2D eigenvalue weighted by molar-refractivity contribution is 7.92. The van der Waals surface area contributed by atoms with Crippen molar-refractivity contribution in [1.82, 2.24) is 9.97 Å². The fourth-order valence-corrected chi connectivity index (χ4v) is 3.76. The molecule has 1 aromatic carbocycles. The molecule has 0 aliphatic heterocycles. The molecule has 0 bridgehead atoms. The molecule has 0 spiro atoms. The highest BCUT2D eigenvalue weighted by Gasteiger charge is 2.31. The summed E-state index contributed by atoms with van der Waals surface area (Å²) in [7, 11) is -4.04. The SMILES string of the molecule is Cc1ccc(C(F)(F)F)cc1-c1nc(NS(=O)(=O)c2ccnc(N)c2)ccc1Cl. The van der Waals surface area contributed by atoms with Gasteiger partial charge in [0.1, 0.15) is 11.6 Å². The molecule has 0 saturated heterocycles. The van der Waals surface area contributed by atoms with E-state index in [0.717, 1.165) is 18.2 Å². The lowest BCUT2D eigenvalue weighted by Gasteiger charge is -2.14. The average Bonchev–Trinajstić information content (AvgIpc) is 2.63. The lowest BCUT2D eigenvalue weighted by Crippen LogP contribution is -2.14. The average molecular weight is 443 g/mol. The summed E-state index contributed by atoms with van der Waals surface area (Å²) in [6, 6.07) is 8.23. The quantitative estimate of drug-likeness (QED) is 0.619. The molecule has 29 heavy (non-hydrogen) atoms. The van der Waals surface area contributed by atoms with Crippen LogP contribution in [-0.2, 0) is 16.2 Å². The first-order chi connectivity index (χ1) is 13.5. The molecule has 0 unspecified atom stereocenters. The highest BCUT2D eigenvalue weighted by atomic mass is 35.5. The maximum Gasteiger partial charge on any atom is 0.416 e. The van der Waals surface area contributed by atoms with E-state index in [1.807, 2.05) is 0 Å². The van der Waals surface area contributed by atoms with Crippen molar-refractivity contribution in [2.24, 2.45) is 0 Å². The Morgan fingerprint density at radius 3 is 2.48 bits per heavy atom. The third-order valence-electron chi connectivity index (χ3n) is 3.97. The molecule has 6 nitrogen and oxygen atoms in total. The first-order valence-corrected chi connectivity index (χ1v) is 9.92. The van der Waals surface area contributed by atoms with E-state index in [2.05, 4.69) is 14.7 Å². The van der Waals surface area contributed by atoms with Crippen LogP contribution in [0.4, 0.5) is 24.8 Å². The summed E-state index contributed by atoms with van der Waals surface area (Å²) < 4.78 is 66.5. The number of anilines is 2. The Labute approximate surface area is 169 Å². The van der Waals surface area contributed by atoms with Gasteiger partial charge in [0.2, 0.25) is 0 Å². The Bertz CT molecular complexity index is 1180. The Balaban J connectivity index is 2.04. The van der Waals surface area contributed by atoms with Crippen LogP contribution < -0.4 is 10.5 Å². The number of nitrogens with zero attached hydrogens (tertiary/aromatic N) is 2. The Morgan fingerprint density at radius 1 is 1.10 bits per heavy atom. The maximum absolute atomic E-state index is 13.1. The summed E-state index contributed by atoms with van der Waals surface area (Å²) in [5.41, 5.74) is 5.29. The van der Waals surface area contributed by atoms with Crippen molar-refractivity contribution in [3.8, 4) is 11.3 Å². The van der Waals surface area contributed by atoms with Gasteiger partial charge in [-0.05, 0) is 42.8 Å². The number of aryl methyl sites for hydroxylation is 1. The standard InChI is InChI=1S/C18H14ClF3N4O2S/c1-10-2-3-11(18(20,21)22)8-13(10)17-14(19)4-5-16(25-17)26-29(27,28)12-6-7-24-15(23)9-12/h2-9H,1H3,(H2,23,24)(H,25,26). The van der Waals surface area contributed by atoms with Crippen LogP contribution in [0.5, 0.6) is 0 Å². The van der Waals surface area contributed by atoms with E-state index in [1.165, 1.54) is 30.5 Å². The van der Waals surface area contributed by atoms with Gasteiger partial charge in [0.25, 0.3) is 10.0 Å². The molecule has 0 radical (unpaired) electrons. The molecule has 3 rings (SSSR count). The van der Waals surface area contributed by atoms with E-state index in [-0.39, 0.29) is 32.8 Å². The number of nitrogens with one attached hydrogen (secondary N) is 1. The second-order valence-corrected chi connectivity index (χ2v) is 8.17. The molecular weight excluding hydrogens is 429 g/mol. The van der Waals surface area contributed by atoms with Crippen molar-refractivity contribution in [2.75, 3.05) is 10.5 Å². The zero-order valence-corrected chi connectivity index (χ0v) is 16.4. The minimum absolute atomic E-state index is 0.0113. The predicted octanol–water partition coefficient (Wildman–Crippen LogP) is 4.51. The van der Waals surface area contributed by atoms with Crippen LogP contribution in [-0.4, -0.2) is 18.4 Å². The Morgan fingerprint density at radius 2 is 1.83 bits per heavy atom. The second kappa shape index (κ2) is 7.53. The van der Waals surface area contributed by atoms with E-state index in [4.69, 9.17) is 17.3 Å². The molecule has 2 heterocycles. The van der Waals surface area contributed by atoms with Gasteiger partial charge in [0.05, 0.1) is 21.2 Å². The van der Waals surface area contributed by atoms with Gasteiger partial charge < -0.3 is 5.73 Å². The monoisotopic (exact) mass is 442 g/mol. The normalized spacial score (nSPS) is 12.0. The largest absolute Gasteiger partial charge is 0.416 e. The van der Waals surface area contributed by atoms with Crippen molar-refractivity contribution in [3.63, 3.8) is 0 Å². The minimum atomic E-state index is -4.55. The van der Waals surface area contributed by atoms with E-state index >= 15 is 0 Å². The fourth-order valence-electron chi connectivity index (χ4n) is 2.53. The van der Waals surface area contributed by atoms with E-state index < -0.39 is 21.8 Å². The summed E-state index contributed by atoms with van der Waals surface area (Å²) in [5, 5.41) is 0.0727. The minimum Gasteiger partial charge on any atom is -0.384 e. The molecular formula is C18H14ClF3N4O2S. The van der Waals surface area contributed by atoms with Crippen LogP contribution in [0.25, 0.3) is 11.3 Å². The van der Waals surface area contributed by atoms with Crippen LogP contribution in [0.1, 0.15) is 11.1 Å². The molecule has 11 heteroatoms. The van der Waals surface area contributed by atoms with Crippen molar-refractivity contribution in [1.29, 1.82) is 0 Å². The third-order valence-corrected chi connectivity index (χ3v) is 5.63. The molecule has 152 valence electrons. The van der Waals surface area contributed by atoms with Crippen molar-refractivity contribution in [3.05, 3.63) is 64.8 Å². The topological polar surface area (TPSA) is 98.0 Å². The number of hydrogen-bond acceptors (Lipinski definition) is 5. The Hall–Kier alpha value is -2.85. The first-order valence-electron chi connectivity index (χ1n) is 8.06. The van der Waals surface area contributed by atoms with Gasteiger partial charge in [-0.3, -0.25) is 4.72 Å². The fraction of sp³-hybridized carbons (Fsp3) is 0.111. The molecule has 0 saturated carbocycles. The van der Waals surface area contributed by atoms with Gasteiger partial charge in [0.15, 0.2) is 0 Å². The molecule has 0 atom stereocenters. The number of nitrogens with two attached hydrogens (primary N) is 1. The van der Waals surface area contributed by atoms with Gasteiger partial charge in [-0.2, -0.15) is 13.2 Å². The summed E-state index contributed by atoms with van der Waals surface area (Å²) in [6.45, 7) is 1.60. The highest BCUT2D eigenvalue weighted by Crippen LogP contribution is 2.36. The smallest absolute Gasteiger partial charge is 0.384 e. The first kappa shape index (κ1) is 20.9. The lowest BCUT2D eigenvalue weighted by molar-refractivity contribution is -0.137. The van der Waals surface area contributed by atoms with Gasteiger partial charge in [-0.15, -0.1) is 0 Å². The third kappa shape index (κ3) is 4.60. The van der Waals surface area contributed by atoms with Crippen LogP contribution in [0.3, 0.4) is 0 Å². The number of benzene rings is 1. The van der Waals surface area contributed by atoms with E-state index in [9.17, 15) is 21.6 Å². The lowest BCUT2D eigenvalue weighted by atomic mass is 10.0. The Kier molecular flexibility index (Phi) is 5.42. The molecule has 3 aromatic rings. The number of nitrogen functional groups attached to an aromatic ring is 1. The molecule has 0 fully saturated rings. The zero-order chi connectivity index (χ0) is 21.4. The summed E-state index contributed by atoms with van der Waals surface area (Å²) >= 11 is 6.13. The number of alkyl halides is 3. The summed E-state index contributed by atoms with van der Waals surface area (Å²) in [4.78, 5) is 7.71. The molecule has 0 aliphatic rings. The number of pyridine rings is 2. The molecule has 2 aromatic heterocycles. The van der Waals surface area contributed by atoms with E-state index in [1.54, 1.807) is 6.92 Å². The van der Waals surface area contributed by atoms with Crippen LogP contribution >= 0.6 is 11.6 Å². The number of aromatic nitrogens is 2. The van der Waals surface area contributed by atoms with Crippen molar-refractivity contribution >= 4 is 33.3 Å². The van der Waals surface area contributed by atoms with Crippen LogP contribution in [0.15, 0.2) is 53.6 Å². The van der Waals surface area contributed by atoms with Crippen LogP contribution in [0, 0.1) is 6.92 Å². The van der Waals surface area contributed by atoms with Gasteiger partial charge in [-0.25, -0.2) is 18.4 Å². The predicted molar refractivity (Wildman–Crippen MR) is 104 cm³/mol. The maximum atomic E-state index is 13.1. The second-order valence-electron chi connectivity index (χ2n) is 6.08. The van der Waals surface area contributed by atoms with Gasteiger partial charge >= 0.3 is 6.18 Å². The van der Waals surface area contributed by atoms with E-state index in [0.29, 0.717) is 5.56 Å². The molecule has 3 N–H and O–H groups in total. The molecule has 0 aliphatic carbocycles. The molecule has 0 amide bonds. The number of halogens is 4. The summed E-state index contributed by atoms with van der Waals surface area (Å²) in [6.07, 6.45) is -3.31. The number of hydrogen-bond donors (Lipinski definition) is 2.